The fourth-order valence-electron chi connectivity index (χ4n) is 10.8. The molecule has 0 amide bonds. The first-order chi connectivity index (χ1) is 31.5. The Morgan fingerprint density at radius 3 is 1.56 bits per heavy atom. The SMILES string of the molecule is Cc1cc2c3c(c1)N(c1ccc4c(c1)oc1cc(C(C)(C)C)ccc14)c1ccc(C(C)(C)C)cc1B3c1cc(C(C)(C)C)ccc1N2c1ccc(-c2cccc3c2oc2ccccc23)cc1. The van der Waals surface area contributed by atoms with Gasteiger partial charge in [0.1, 0.15) is 22.3 Å². The van der Waals surface area contributed by atoms with Crippen LogP contribution >= 0.6 is 0 Å². The average molecular weight is 859 g/mol. The number of aryl methyl sites for hydroxylation is 1. The first kappa shape index (κ1) is 40.5. The lowest BCUT2D eigenvalue weighted by molar-refractivity contribution is 0.587. The summed E-state index contributed by atoms with van der Waals surface area (Å²) in [6, 6.07) is 56.7. The summed E-state index contributed by atoms with van der Waals surface area (Å²) in [7, 11) is 0. The van der Waals surface area contributed by atoms with Crippen molar-refractivity contribution in [2.24, 2.45) is 0 Å². The van der Waals surface area contributed by atoms with Crippen LogP contribution in [0.3, 0.4) is 0 Å². The summed E-state index contributed by atoms with van der Waals surface area (Å²) < 4.78 is 13.3. The molecule has 4 heterocycles. The predicted octanol–water partition coefficient (Wildman–Crippen LogP) is 15.4. The van der Waals surface area contributed by atoms with Crippen molar-refractivity contribution in [3.63, 3.8) is 0 Å². The van der Waals surface area contributed by atoms with Gasteiger partial charge >= 0.3 is 0 Å². The molecule has 0 saturated heterocycles. The van der Waals surface area contributed by atoms with Crippen molar-refractivity contribution in [2.45, 2.75) is 85.5 Å². The Kier molecular flexibility index (Phi) is 8.61. The molecule has 10 aromatic rings. The molecule has 0 unspecified atom stereocenters. The summed E-state index contributed by atoms with van der Waals surface area (Å²) >= 11 is 0. The van der Waals surface area contributed by atoms with Gasteiger partial charge in [-0.25, -0.2) is 0 Å². The molecular formula is C61H55BN2O2. The summed E-state index contributed by atoms with van der Waals surface area (Å²) in [6.45, 7) is 23.0. The Labute approximate surface area is 388 Å². The van der Waals surface area contributed by atoms with Crippen molar-refractivity contribution in [3.8, 4) is 11.1 Å². The maximum atomic E-state index is 6.77. The van der Waals surface area contributed by atoms with Gasteiger partial charge in [-0.15, -0.1) is 0 Å². The van der Waals surface area contributed by atoms with E-state index < -0.39 is 0 Å². The third-order valence-corrected chi connectivity index (χ3v) is 14.4. The molecule has 2 aromatic heterocycles. The number of benzene rings is 8. The quantitative estimate of drug-likeness (QED) is 0.166. The Bertz CT molecular complexity index is 3630. The van der Waals surface area contributed by atoms with E-state index in [0.717, 1.165) is 66.4 Å². The van der Waals surface area contributed by atoms with Crippen molar-refractivity contribution in [1.29, 1.82) is 0 Å². The van der Waals surface area contributed by atoms with Crippen LogP contribution in [0.15, 0.2) is 160 Å². The fraction of sp³-hybridized carbons (Fsp3) is 0.213. The van der Waals surface area contributed by atoms with Crippen LogP contribution in [0.25, 0.3) is 55.0 Å². The molecule has 8 aromatic carbocycles. The Balaban J connectivity index is 1.08. The van der Waals surface area contributed by atoms with Gasteiger partial charge in [-0.1, -0.05) is 147 Å². The third-order valence-electron chi connectivity index (χ3n) is 14.4. The van der Waals surface area contributed by atoms with Crippen LogP contribution in [0.4, 0.5) is 34.1 Å². The lowest BCUT2D eigenvalue weighted by Crippen LogP contribution is -2.61. The topological polar surface area (TPSA) is 32.8 Å². The molecule has 2 aliphatic rings. The first-order valence-corrected chi connectivity index (χ1v) is 23.5. The maximum absolute atomic E-state index is 6.77. The summed E-state index contributed by atoms with van der Waals surface area (Å²) in [5, 5.41) is 4.56. The van der Waals surface area contributed by atoms with Gasteiger partial charge in [0.2, 0.25) is 0 Å². The second-order valence-corrected chi connectivity index (χ2v) is 21.9. The number of hydrogen-bond donors (Lipinski definition) is 0. The summed E-state index contributed by atoms with van der Waals surface area (Å²) in [4.78, 5) is 5.02. The zero-order valence-electron chi connectivity index (χ0n) is 39.7. The minimum atomic E-state index is -0.0411. The second-order valence-electron chi connectivity index (χ2n) is 21.9. The van der Waals surface area contributed by atoms with Crippen molar-refractivity contribution in [3.05, 3.63) is 174 Å². The highest BCUT2D eigenvalue weighted by Crippen LogP contribution is 2.47. The number of rotatable bonds is 3. The molecule has 5 heteroatoms. The van der Waals surface area contributed by atoms with Crippen LogP contribution < -0.4 is 26.2 Å². The number of hydrogen-bond acceptors (Lipinski definition) is 4. The van der Waals surface area contributed by atoms with E-state index in [4.69, 9.17) is 8.83 Å². The Hall–Kier alpha value is -6.98. The molecule has 2 aliphatic heterocycles. The van der Waals surface area contributed by atoms with Crippen molar-refractivity contribution in [1.82, 2.24) is 0 Å². The van der Waals surface area contributed by atoms with Gasteiger partial charge in [0, 0.05) is 67.3 Å². The maximum Gasteiger partial charge on any atom is 0.252 e. The molecule has 0 atom stereocenters. The molecule has 324 valence electrons. The highest BCUT2D eigenvalue weighted by molar-refractivity contribution is 7.00. The lowest BCUT2D eigenvalue weighted by Gasteiger charge is -2.45. The van der Waals surface area contributed by atoms with Crippen molar-refractivity contribution < 1.29 is 8.83 Å². The minimum Gasteiger partial charge on any atom is -0.456 e. The van der Waals surface area contributed by atoms with Gasteiger partial charge in [0.05, 0.1) is 0 Å². The Morgan fingerprint density at radius 1 is 0.409 bits per heavy atom. The Morgan fingerprint density at radius 2 is 0.924 bits per heavy atom. The van der Waals surface area contributed by atoms with Crippen LogP contribution in [0.5, 0.6) is 0 Å². The van der Waals surface area contributed by atoms with Gasteiger partial charge in [-0.05, 0) is 128 Å². The molecule has 0 N–H and O–H groups in total. The average Bonchev–Trinajstić information content (AvgIpc) is 3.85. The molecule has 0 spiro atoms. The standard InChI is InChI=1S/C61H55BN2O2/c1-36-30-52-57-53(31-36)64(42-25-27-46-45-26-20-40(61(8,9)10)34-55(45)65-56(46)35-42)51-29-22-39(60(5,6)7)33-49(51)62(57)48-32-38(59(2,3)4)21-28-50(48)63(52)41-23-18-37(19-24-41)43-15-13-16-47-44-14-11-12-17-54(44)66-58(43)47/h11-35H,1-10H3. The van der Waals surface area contributed by atoms with Crippen LogP contribution in [0.2, 0.25) is 0 Å². The first-order valence-electron chi connectivity index (χ1n) is 23.5. The van der Waals surface area contributed by atoms with Crippen LogP contribution in [0.1, 0.15) is 84.6 Å². The molecule has 4 nitrogen and oxygen atoms in total. The van der Waals surface area contributed by atoms with E-state index in [0.29, 0.717) is 0 Å². The summed E-state index contributed by atoms with van der Waals surface area (Å²) in [5.41, 5.74) is 21.9. The highest BCUT2D eigenvalue weighted by atomic mass is 16.3. The van der Waals surface area contributed by atoms with E-state index >= 15 is 0 Å². The summed E-state index contributed by atoms with van der Waals surface area (Å²) in [6.07, 6.45) is 0. The number of furan rings is 2. The molecule has 66 heavy (non-hydrogen) atoms. The zero-order chi connectivity index (χ0) is 45.6. The summed E-state index contributed by atoms with van der Waals surface area (Å²) in [5.74, 6) is 0. The fourth-order valence-corrected chi connectivity index (χ4v) is 10.8. The van der Waals surface area contributed by atoms with E-state index in [1.807, 2.05) is 6.07 Å². The van der Waals surface area contributed by atoms with Gasteiger partial charge in [-0.3, -0.25) is 0 Å². The van der Waals surface area contributed by atoms with Gasteiger partial charge in [0.25, 0.3) is 6.71 Å². The molecule has 0 radical (unpaired) electrons. The van der Waals surface area contributed by atoms with Crippen LogP contribution in [0, 0.1) is 6.92 Å². The van der Waals surface area contributed by atoms with E-state index in [9.17, 15) is 0 Å². The largest absolute Gasteiger partial charge is 0.456 e. The van der Waals surface area contributed by atoms with Gasteiger partial charge in [0.15, 0.2) is 0 Å². The lowest BCUT2D eigenvalue weighted by atomic mass is 9.33. The van der Waals surface area contributed by atoms with Gasteiger partial charge in [-0.2, -0.15) is 0 Å². The molecule has 0 saturated carbocycles. The van der Waals surface area contributed by atoms with E-state index in [1.165, 1.54) is 61.4 Å². The molecule has 12 rings (SSSR count). The third kappa shape index (κ3) is 6.19. The van der Waals surface area contributed by atoms with Crippen molar-refractivity contribution in [2.75, 3.05) is 9.80 Å². The second kappa shape index (κ2) is 14.0. The van der Waals surface area contributed by atoms with E-state index in [2.05, 4.69) is 225 Å². The zero-order valence-corrected chi connectivity index (χ0v) is 39.7. The van der Waals surface area contributed by atoms with E-state index in [1.54, 1.807) is 0 Å². The van der Waals surface area contributed by atoms with Crippen LogP contribution in [-0.2, 0) is 16.2 Å². The number of fused-ring (bicyclic) bond motifs is 10. The number of para-hydroxylation sites is 2. The molecule has 0 aliphatic carbocycles. The smallest absolute Gasteiger partial charge is 0.252 e. The number of nitrogens with zero attached hydrogens (tertiary/aromatic N) is 2. The van der Waals surface area contributed by atoms with Crippen molar-refractivity contribution >= 4 is 101 Å². The molecular weight excluding hydrogens is 803 g/mol. The molecule has 0 fully saturated rings. The normalized spacial score (nSPS) is 13.8. The minimum absolute atomic E-state index is 0.00779. The predicted molar refractivity (Wildman–Crippen MR) is 281 cm³/mol. The van der Waals surface area contributed by atoms with Crippen LogP contribution in [-0.4, -0.2) is 6.71 Å². The monoisotopic (exact) mass is 858 g/mol. The number of anilines is 6. The highest BCUT2D eigenvalue weighted by Gasteiger charge is 2.44. The van der Waals surface area contributed by atoms with E-state index in [-0.39, 0.29) is 23.0 Å². The molecule has 0 bridgehead atoms. The van der Waals surface area contributed by atoms with Gasteiger partial charge < -0.3 is 18.6 Å².